The number of hydrogen-bond acceptors (Lipinski definition) is 2. The van der Waals surface area contributed by atoms with Gasteiger partial charge in [-0.1, -0.05) is 44.0 Å². The molecule has 0 bridgehead atoms. The van der Waals surface area contributed by atoms with Gasteiger partial charge in [0.25, 0.3) is 5.91 Å². The van der Waals surface area contributed by atoms with Crippen molar-refractivity contribution in [1.82, 2.24) is 5.32 Å². The van der Waals surface area contributed by atoms with Crippen LogP contribution in [0.25, 0.3) is 0 Å². The van der Waals surface area contributed by atoms with Crippen LogP contribution in [0.5, 0.6) is 0 Å². The number of carbonyl (C=O) groups is 2. The number of amides is 1. The van der Waals surface area contributed by atoms with Crippen LogP contribution < -0.4 is 5.32 Å². The molecule has 116 valence electrons. The van der Waals surface area contributed by atoms with Gasteiger partial charge in [-0.25, -0.2) is 0 Å². The summed E-state index contributed by atoms with van der Waals surface area (Å²) in [6.07, 6.45) is 0.570. The number of aliphatic carboxylic acids is 1. The maximum absolute atomic E-state index is 11.9. The molecule has 0 aromatic heterocycles. The molecule has 0 saturated carbocycles. The molecule has 0 atom stereocenters. The fourth-order valence-corrected chi connectivity index (χ4v) is 2.44. The molecule has 21 heavy (non-hydrogen) atoms. The summed E-state index contributed by atoms with van der Waals surface area (Å²) in [6.45, 7) is 6.29. The zero-order valence-electron chi connectivity index (χ0n) is 12.3. The molecule has 4 nitrogen and oxygen atoms in total. The van der Waals surface area contributed by atoms with Gasteiger partial charge in [-0.05, 0) is 29.5 Å². The van der Waals surface area contributed by atoms with E-state index in [1.54, 1.807) is 12.1 Å². The quantitative estimate of drug-likeness (QED) is 0.862. The second kappa shape index (κ2) is 7.14. The Balaban J connectivity index is 2.87. The van der Waals surface area contributed by atoms with Gasteiger partial charge in [0.05, 0.1) is 6.42 Å². The fraction of sp³-hybridized carbons (Fsp3) is 0.467. The van der Waals surface area contributed by atoms with E-state index in [4.69, 9.17) is 28.3 Å². The van der Waals surface area contributed by atoms with E-state index in [2.05, 4.69) is 26.1 Å². The van der Waals surface area contributed by atoms with Gasteiger partial charge in [-0.15, -0.1) is 0 Å². The van der Waals surface area contributed by atoms with E-state index >= 15 is 0 Å². The minimum Gasteiger partial charge on any atom is -0.481 e. The third kappa shape index (κ3) is 5.94. The SMILES string of the molecule is CC(C)(C)Cc1c(Cl)cc(C(=O)NCCC(=O)O)cc1Cl. The van der Waals surface area contributed by atoms with Crippen LogP contribution in [0.1, 0.15) is 43.1 Å². The molecule has 1 aromatic carbocycles. The van der Waals surface area contributed by atoms with Gasteiger partial charge in [0.2, 0.25) is 0 Å². The van der Waals surface area contributed by atoms with Gasteiger partial charge in [-0.3, -0.25) is 9.59 Å². The first-order chi connectivity index (χ1) is 9.60. The summed E-state index contributed by atoms with van der Waals surface area (Å²) in [7, 11) is 0. The molecule has 0 radical (unpaired) electrons. The average Bonchev–Trinajstić information content (AvgIpc) is 2.31. The smallest absolute Gasteiger partial charge is 0.305 e. The molecule has 0 heterocycles. The van der Waals surface area contributed by atoms with Crippen LogP contribution in [0, 0.1) is 5.41 Å². The van der Waals surface area contributed by atoms with Crippen molar-refractivity contribution < 1.29 is 14.7 Å². The lowest BCUT2D eigenvalue weighted by molar-refractivity contribution is -0.136. The van der Waals surface area contributed by atoms with E-state index < -0.39 is 5.97 Å². The Morgan fingerprint density at radius 3 is 2.14 bits per heavy atom. The van der Waals surface area contributed by atoms with Crippen LogP contribution in [0.3, 0.4) is 0 Å². The Bertz CT molecular complexity index is 527. The number of halogens is 2. The predicted molar refractivity (Wildman–Crippen MR) is 84.2 cm³/mol. The van der Waals surface area contributed by atoms with E-state index in [9.17, 15) is 9.59 Å². The number of nitrogens with one attached hydrogen (secondary N) is 1. The topological polar surface area (TPSA) is 66.4 Å². The Morgan fingerprint density at radius 2 is 1.71 bits per heavy atom. The van der Waals surface area contributed by atoms with Gasteiger partial charge < -0.3 is 10.4 Å². The van der Waals surface area contributed by atoms with Crippen molar-refractivity contribution in [1.29, 1.82) is 0 Å². The molecule has 1 amide bonds. The number of hydrogen-bond donors (Lipinski definition) is 2. The summed E-state index contributed by atoms with van der Waals surface area (Å²) >= 11 is 12.4. The molecule has 0 saturated heterocycles. The van der Waals surface area contributed by atoms with Crippen LogP contribution in [0.4, 0.5) is 0 Å². The molecule has 0 fully saturated rings. The molecular weight excluding hydrogens is 313 g/mol. The molecule has 0 spiro atoms. The van der Waals surface area contributed by atoms with E-state index in [-0.39, 0.29) is 24.3 Å². The Labute approximate surface area is 134 Å². The van der Waals surface area contributed by atoms with Gasteiger partial charge in [-0.2, -0.15) is 0 Å². The largest absolute Gasteiger partial charge is 0.481 e. The van der Waals surface area contributed by atoms with E-state index in [1.807, 2.05) is 0 Å². The Hall–Kier alpha value is -1.26. The van der Waals surface area contributed by atoms with Crippen LogP contribution in [-0.4, -0.2) is 23.5 Å². The zero-order chi connectivity index (χ0) is 16.2. The van der Waals surface area contributed by atoms with Gasteiger partial charge in [0.1, 0.15) is 0 Å². The highest BCUT2D eigenvalue weighted by Gasteiger charge is 2.18. The molecule has 2 N–H and O–H groups in total. The molecular formula is C15H19Cl2NO3. The lowest BCUT2D eigenvalue weighted by atomic mass is 9.88. The van der Waals surface area contributed by atoms with E-state index in [1.165, 1.54) is 0 Å². The number of carboxylic acids is 1. The van der Waals surface area contributed by atoms with Crippen molar-refractivity contribution in [2.75, 3.05) is 6.54 Å². The second-order valence-electron chi connectivity index (χ2n) is 6.06. The maximum atomic E-state index is 11.9. The molecule has 0 aliphatic carbocycles. The number of rotatable bonds is 5. The van der Waals surface area contributed by atoms with Crippen LogP contribution >= 0.6 is 23.2 Å². The monoisotopic (exact) mass is 331 g/mol. The Morgan fingerprint density at radius 1 is 1.19 bits per heavy atom. The van der Waals surface area contributed by atoms with Crippen molar-refractivity contribution in [3.63, 3.8) is 0 Å². The molecule has 0 aliphatic rings. The predicted octanol–water partition coefficient (Wildman–Crippen LogP) is 3.79. The maximum Gasteiger partial charge on any atom is 0.305 e. The highest BCUT2D eigenvalue weighted by Crippen LogP contribution is 2.32. The Kier molecular flexibility index (Phi) is 6.05. The third-order valence-corrected chi connectivity index (χ3v) is 3.41. The highest BCUT2D eigenvalue weighted by atomic mass is 35.5. The summed E-state index contributed by atoms with van der Waals surface area (Å²) in [5.74, 6) is -1.35. The lowest BCUT2D eigenvalue weighted by Gasteiger charge is -2.20. The molecule has 6 heteroatoms. The first-order valence-corrected chi connectivity index (χ1v) is 7.33. The van der Waals surface area contributed by atoms with Crippen molar-refractivity contribution in [2.24, 2.45) is 5.41 Å². The highest BCUT2D eigenvalue weighted by molar-refractivity contribution is 6.36. The van der Waals surface area contributed by atoms with E-state index in [0.717, 1.165) is 5.56 Å². The minimum absolute atomic E-state index is 0.0263. The van der Waals surface area contributed by atoms with Crippen molar-refractivity contribution in [3.8, 4) is 0 Å². The van der Waals surface area contributed by atoms with Crippen LogP contribution in [-0.2, 0) is 11.2 Å². The van der Waals surface area contributed by atoms with Crippen molar-refractivity contribution in [2.45, 2.75) is 33.6 Å². The van der Waals surface area contributed by atoms with Gasteiger partial charge in [0.15, 0.2) is 0 Å². The standard InChI is InChI=1S/C15H19Cl2NO3/c1-15(2,3)8-10-11(16)6-9(7-12(10)17)14(21)18-5-4-13(19)20/h6-7H,4-5,8H2,1-3H3,(H,18,21)(H,19,20). The first kappa shape index (κ1) is 17.8. The number of carboxylic acid groups (broad SMARTS) is 1. The molecule has 1 rings (SSSR count). The van der Waals surface area contributed by atoms with Crippen molar-refractivity contribution in [3.05, 3.63) is 33.3 Å². The number of carbonyl (C=O) groups excluding carboxylic acids is 1. The summed E-state index contributed by atoms with van der Waals surface area (Å²) in [4.78, 5) is 22.3. The fourth-order valence-electron chi connectivity index (χ4n) is 1.82. The molecule has 0 unspecified atom stereocenters. The summed E-state index contributed by atoms with van der Waals surface area (Å²) in [6, 6.07) is 3.12. The van der Waals surface area contributed by atoms with Crippen LogP contribution in [0.2, 0.25) is 10.0 Å². The molecule has 0 aliphatic heterocycles. The summed E-state index contributed by atoms with van der Waals surface area (Å²) in [5, 5.41) is 11.9. The third-order valence-electron chi connectivity index (χ3n) is 2.73. The lowest BCUT2D eigenvalue weighted by Crippen LogP contribution is -2.26. The summed E-state index contributed by atoms with van der Waals surface area (Å²) in [5.41, 5.74) is 1.17. The zero-order valence-corrected chi connectivity index (χ0v) is 13.8. The molecule has 1 aromatic rings. The van der Waals surface area contributed by atoms with Gasteiger partial charge >= 0.3 is 5.97 Å². The minimum atomic E-state index is -0.966. The second-order valence-corrected chi connectivity index (χ2v) is 6.87. The van der Waals surface area contributed by atoms with Gasteiger partial charge in [0, 0.05) is 22.2 Å². The first-order valence-electron chi connectivity index (χ1n) is 6.58. The average molecular weight is 332 g/mol. The van der Waals surface area contributed by atoms with Crippen molar-refractivity contribution >= 4 is 35.1 Å². The normalized spacial score (nSPS) is 11.3. The number of benzene rings is 1. The van der Waals surface area contributed by atoms with Crippen LogP contribution in [0.15, 0.2) is 12.1 Å². The van der Waals surface area contributed by atoms with E-state index in [0.29, 0.717) is 22.0 Å². The summed E-state index contributed by atoms with van der Waals surface area (Å²) < 4.78 is 0.